The van der Waals surface area contributed by atoms with Gasteiger partial charge in [-0.3, -0.25) is 0 Å². The Morgan fingerprint density at radius 1 is 1.13 bits per heavy atom. The van der Waals surface area contributed by atoms with E-state index in [2.05, 4.69) is 38.2 Å². The maximum atomic E-state index is 3.61. The third-order valence-corrected chi connectivity index (χ3v) is 3.21. The largest absolute Gasteiger partial charge is 0.386 e. The Morgan fingerprint density at radius 3 is 2.40 bits per heavy atom. The maximum Gasteiger partial charge on any atom is 0.0258 e. The van der Waals surface area contributed by atoms with Crippen molar-refractivity contribution in [3.63, 3.8) is 0 Å². The number of nitrogens with one attached hydrogen (secondary N) is 1. The van der Waals surface area contributed by atoms with Crippen LogP contribution in [0.4, 0.5) is 0 Å². The highest BCUT2D eigenvalue weighted by Gasteiger charge is 2.11. The quantitative estimate of drug-likeness (QED) is 0.682. The molecule has 0 aromatic carbocycles. The van der Waals surface area contributed by atoms with Crippen LogP contribution in [0, 0.1) is 0 Å². The highest BCUT2D eigenvalue weighted by atomic mass is 14.9. The maximum absolute atomic E-state index is 3.61. The average Bonchev–Trinajstić information content (AvgIpc) is 2.27. The summed E-state index contributed by atoms with van der Waals surface area (Å²) in [4.78, 5) is 0. The van der Waals surface area contributed by atoms with E-state index >= 15 is 0 Å². The fraction of sp³-hybridized carbons (Fsp3) is 0.714. The van der Waals surface area contributed by atoms with Gasteiger partial charge in [-0.1, -0.05) is 37.8 Å². The molecule has 1 aliphatic rings. The van der Waals surface area contributed by atoms with Crippen LogP contribution in [-0.2, 0) is 0 Å². The molecule has 0 spiro atoms. The van der Waals surface area contributed by atoms with E-state index in [1.165, 1.54) is 43.4 Å². The third-order valence-electron chi connectivity index (χ3n) is 3.21. The van der Waals surface area contributed by atoms with E-state index in [0.29, 0.717) is 0 Å². The molecule has 0 aromatic heterocycles. The molecule has 0 amide bonds. The van der Waals surface area contributed by atoms with Crippen molar-refractivity contribution in [3.8, 4) is 0 Å². The smallest absolute Gasteiger partial charge is 0.0258 e. The molecule has 0 radical (unpaired) electrons. The molecule has 0 aromatic rings. The molecule has 1 fully saturated rings. The zero-order chi connectivity index (χ0) is 11.1. The first-order chi connectivity index (χ1) is 7.22. The van der Waals surface area contributed by atoms with Gasteiger partial charge in [-0.25, -0.2) is 0 Å². The molecule has 1 nitrogen and oxygen atoms in total. The molecule has 1 rings (SSSR count). The van der Waals surface area contributed by atoms with Gasteiger partial charge in [-0.05, 0) is 39.2 Å². The van der Waals surface area contributed by atoms with Crippen molar-refractivity contribution < 1.29 is 0 Å². The summed E-state index contributed by atoms with van der Waals surface area (Å²) in [5.74, 6) is 0. The fourth-order valence-corrected chi connectivity index (χ4v) is 2.00. The standard InChI is InChI=1S/C14H25N/c1-4-12(2)10-11-13(3)15-14-8-6-5-7-9-14/h10-11,14-15H,4-9H2,1-3H3/b12-10-,13-11+. The van der Waals surface area contributed by atoms with Gasteiger partial charge < -0.3 is 5.32 Å². The van der Waals surface area contributed by atoms with Crippen molar-refractivity contribution in [1.82, 2.24) is 5.32 Å². The highest BCUT2D eigenvalue weighted by Crippen LogP contribution is 2.18. The Balaban J connectivity index is 2.36. The van der Waals surface area contributed by atoms with Crippen molar-refractivity contribution in [2.45, 2.75) is 65.3 Å². The Bertz CT molecular complexity index is 232. The molecule has 15 heavy (non-hydrogen) atoms. The molecule has 0 bridgehead atoms. The number of rotatable bonds is 4. The summed E-state index contributed by atoms with van der Waals surface area (Å²) < 4.78 is 0. The summed E-state index contributed by atoms with van der Waals surface area (Å²) in [6, 6.07) is 0.727. The summed E-state index contributed by atoms with van der Waals surface area (Å²) in [7, 11) is 0. The predicted octanol–water partition coefficient (Wildman–Crippen LogP) is 4.17. The first-order valence-corrected chi connectivity index (χ1v) is 6.33. The molecule has 86 valence electrons. The molecule has 0 aliphatic heterocycles. The lowest BCUT2D eigenvalue weighted by Gasteiger charge is -2.24. The van der Waals surface area contributed by atoms with Crippen LogP contribution in [0.5, 0.6) is 0 Å². The Hall–Kier alpha value is -0.720. The van der Waals surface area contributed by atoms with Gasteiger partial charge in [0, 0.05) is 11.7 Å². The molecule has 0 atom stereocenters. The number of hydrogen-bond donors (Lipinski definition) is 1. The van der Waals surface area contributed by atoms with Crippen molar-refractivity contribution >= 4 is 0 Å². The van der Waals surface area contributed by atoms with Crippen LogP contribution < -0.4 is 5.32 Å². The first kappa shape index (κ1) is 12.4. The van der Waals surface area contributed by atoms with Crippen LogP contribution in [0.25, 0.3) is 0 Å². The molecular formula is C14H25N. The topological polar surface area (TPSA) is 12.0 Å². The molecule has 1 N–H and O–H groups in total. The van der Waals surface area contributed by atoms with Crippen molar-refractivity contribution in [3.05, 3.63) is 23.4 Å². The van der Waals surface area contributed by atoms with E-state index in [9.17, 15) is 0 Å². The van der Waals surface area contributed by atoms with Gasteiger partial charge in [-0.2, -0.15) is 0 Å². The van der Waals surface area contributed by atoms with Crippen LogP contribution in [-0.4, -0.2) is 6.04 Å². The summed E-state index contributed by atoms with van der Waals surface area (Å²) >= 11 is 0. The van der Waals surface area contributed by atoms with Crippen LogP contribution in [0.15, 0.2) is 23.4 Å². The van der Waals surface area contributed by atoms with Crippen molar-refractivity contribution in [1.29, 1.82) is 0 Å². The molecule has 1 saturated carbocycles. The number of allylic oxidation sites excluding steroid dienone is 4. The summed E-state index contributed by atoms with van der Waals surface area (Å²) in [5.41, 5.74) is 2.76. The van der Waals surface area contributed by atoms with Gasteiger partial charge >= 0.3 is 0 Å². The van der Waals surface area contributed by atoms with Gasteiger partial charge in [0.1, 0.15) is 0 Å². The average molecular weight is 207 g/mol. The van der Waals surface area contributed by atoms with E-state index < -0.39 is 0 Å². The summed E-state index contributed by atoms with van der Waals surface area (Å²) in [6.07, 6.45) is 12.5. The second kappa shape index (κ2) is 6.71. The van der Waals surface area contributed by atoms with Crippen LogP contribution in [0.1, 0.15) is 59.3 Å². The molecule has 0 unspecified atom stereocenters. The van der Waals surface area contributed by atoms with Gasteiger partial charge in [-0.15, -0.1) is 0 Å². The SMILES string of the molecule is CC/C(C)=C\C=C(/C)NC1CCCCC1. The minimum atomic E-state index is 0.727. The van der Waals surface area contributed by atoms with E-state index in [1.54, 1.807) is 0 Å². The lowest BCUT2D eigenvalue weighted by Crippen LogP contribution is -2.29. The summed E-state index contributed by atoms with van der Waals surface area (Å²) in [6.45, 7) is 6.56. The van der Waals surface area contributed by atoms with Crippen molar-refractivity contribution in [2.75, 3.05) is 0 Å². The van der Waals surface area contributed by atoms with Gasteiger partial charge in [0.05, 0.1) is 0 Å². The summed E-state index contributed by atoms with van der Waals surface area (Å²) in [5, 5.41) is 3.61. The monoisotopic (exact) mass is 207 g/mol. The normalized spacial score (nSPS) is 20.5. The lowest BCUT2D eigenvalue weighted by molar-refractivity contribution is 0.396. The minimum Gasteiger partial charge on any atom is -0.386 e. The molecule has 1 heteroatoms. The van der Waals surface area contributed by atoms with Gasteiger partial charge in [0.2, 0.25) is 0 Å². The molecule has 0 heterocycles. The minimum absolute atomic E-state index is 0.727. The predicted molar refractivity (Wildman–Crippen MR) is 67.8 cm³/mol. The fourth-order valence-electron chi connectivity index (χ4n) is 2.00. The van der Waals surface area contributed by atoms with E-state index in [-0.39, 0.29) is 0 Å². The van der Waals surface area contributed by atoms with Crippen LogP contribution in [0.3, 0.4) is 0 Å². The lowest BCUT2D eigenvalue weighted by atomic mass is 9.95. The molecule has 0 saturated heterocycles. The highest BCUT2D eigenvalue weighted by molar-refractivity contribution is 5.14. The van der Waals surface area contributed by atoms with E-state index in [0.717, 1.165) is 12.5 Å². The second-order valence-electron chi connectivity index (χ2n) is 4.70. The Labute approximate surface area is 94.6 Å². The zero-order valence-electron chi connectivity index (χ0n) is 10.5. The van der Waals surface area contributed by atoms with Crippen LogP contribution in [0.2, 0.25) is 0 Å². The van der Waals surface area contributed by atoms with E-state index in [4.69, 9.17) is 0 Å². The van der Waals surface area contributed by atoms with Crippen molar-refractivity contribution in [2.24, 2.45) is 0 Å². The third kappa shape index (κ3) is 5.06. The first-order valence-electron chi connectivity index (χ1n) is 6.33. The number of hydrogen-bond acceptors (Lipinski definition) is 1. The van der Waals surface area contributed by atoms with Gasteiger partial charge in [0.15, 0.2) is 0 Å². The second-order valence-corrected chi connectivity index (χ2v) is 4.70. The molecule has 1 aliphatic carbocycles. The Kier molecular flexibility index (Phi) is 5.52. The van der Waals surface area contributed by atoms with Crippen LogP contribution >= 0.6 is 0 Å². The molecular weight excluding hydrogens is 182 g/mol. The van der Waals surface area contributed by atoms with E-state index in [1.807, 2.05) is 0 Å². The Morgan fingerprint density at radius 2 is 1.80 bits per heavy atom. The zero-order valence-corrected chi connectivity index (χ0v) is 10.5. The van der Waals surface area contributed by atoms with Gasteiger partial charge in [0.25, 0.3) is 0 Å².